The molecule has 3 rings (SSSR count). The van der Waals surface area contributed by atoms with Crippen molar-refractivity contribution in [3.8, 4) is 0 Å². The Hall–Kier alpha value is -2.25. The SMILES string of the molecule is COCc1ccc(C(=O)N2CCC[C@H](CCC(=O)N(C)CCc3ccccn3)C2)s1. The Morgan fingerprint density at radius 1 is 1.30 bits per heavy atom. The minimum Gasteiger partial charge on any atom is -0.379 e. The zero-order valence-electron chi connectivity index (χ0n) is 17.9. The molecule has 1 saturated heterocycles. The number of likely N-dealkylation sites (N-methyl/N-ethyl adjacent to an activating group) is 1. The summed E-state index contributed by atoms with van der Waals surface area (Å²) >= 11 is 1.50. The number of thiophene rings is 1. The molecule has 0 bridgehead atoms. The first-order valence-corrected chi connectivity index (χ1v) is 11.4. The van der Waals surface area contributed by atoms with E-state index in [1.807, 2.05) is 42.3 Å². The van der Waals surface area contributed by atoms with Crippen LogP contribution in [0.3, 0.4) is 0 Å². The molecule has 0 saturated carbocycles. The number of hydrogen-bond donors (Lipinski definition) is 0. The number of rotatable bonds is 9. The van der Waals surface area contributed by atoms with Crippen LogP contribution in [0.1, 0.15) is 45.9 Å². The van der Waals surface area contributed by atoms with Crippen LogP contribution in [0.15, 0.2) is 36.5 Å². The summed E-state index contributed by atoms with van der Waals surface area (Å²) in [4.78, 5) is 35.3. The fraction of sp³-hybridized carbons (Fsp3) is 0.522. The number of ether oxygens (including phenoxy) is 1. The maximum atomic E-state index is 12.8. The Bertz CT molecular complexity index is 824. The van der Waals surface area contributed by atoms with E-state index >= 15 is 0 Å². The number of pyridine rings is 1. The van der Waals surface area contributed by atoms with Gasteiger partial charge >= 0.3 is 0 Å². The van der Waals surface area contributed by atoms with Crippen molar-refractivity contribution < 1.29 is 14.3 Å². The number of aromatic nitrogens is 1. The fourth-order valence-corrected chi connectivity index (χ4v) is 4.77. The van der Waals surface area contributed by atoms with Crippen molar-refractivity contribution in [2.45, 2.75) is 38.7 Å². The molecule has 2 aromatic heterocycles. The van der Waals surface area contributed by atoms with Crippen LogP contribution in [0.5, 0.6) is 0 Å². The van der Waals surface area contributed by atoms with Crippen LogP contribution in [0.25, 0.3) is 0 Å². The second kappa shape index (κ2) is 11.2. The number of amides is 2. The lowest BCUT2D eigenvalue weighted by atomic mass is 9.93. The van der Waals surface area contributed by atoms with E-state index in [-0.39, 0.29) is 11.8 Å². The number of likely N-dealkylation sites (tertiary alicyclic amines) is 1. The molecule has 0 unspecified atom stereocenters. The van der Waals surface area contributed by atoms with E-state index < -0.39 is 0 Å². The second-order valence-corrected chi connectivity index (χ2v) is 9.05. The second-order valence-electron chi connectivity index (χ2n) is 7.88. The van der Waals surface area contributed by atoms with Gasteiger partial charge in [0.2, 0.25) is 5.91 Å². The zero-order chi connectivity index (χ0) is 21.3. The summed E-state index contributed by atoms with van der Waals surface area (Å²) in [5.41, 5.74) is 1.00. The van der Waals surface area contributed by atoms with Gasteiger partial charge in [0.1, 0.15) is 0 Å². The topological polar surface area (TPSA) is 62.7 Å². The predicted octanol–water partition coefficient (Wildman–Crippen LogP) is 3.62. The number of nitrogens with zero attached hydrogens (tertiary/aromatic N) is 3. The number of piperidine rings is 1. The molecule has 0 aliphatic carbocycles. The third-order valence-electron chi connectivity index (χ3n) is 5.59. The molecule has 7 heteroatoms. The molecule has 0 N–H and O–H groups in total. The standard InChI is InChI=1S/C23H31N3O3S/c1-25(15-12-19-7-3-4-13-24-19)22(27)11-8-18-6-5-14-26(16-18)23(28)21-10-9-20(30-21)17-29-2/h3-4,7,9-10,13,18H,5-6,8,11-12,14-17H2,1-2H3/t18-/m1/s1. The summed E-state index contributed by atoms with van der Waals surface area (Å²) in [7, 11) is 3.52. The first kappa shape index (κ1) is 22.4. The number of hydrogen-bond acceptors (Lipinski definition) is 5. The number of methoxy groups -OCH3 is 1. The highest BCUT2D eigenvalue weighted by Crippen LogP contribution is 2.25. The highest BCUT2D eigenvalue weighted by atomic mass is 32.1. The molecule has 0 aromatic carbocycles. The van der Waals surface area contributed by atoms with Gasteiger partial charge in [-0.15, -0.1) is 11.3 Å². The van der Waals surface area contributed by atoms with Gasteiger partial charge in [0, 0.05) is 63.4 Å². The Balaban J connectivity index is 1.43. The molecule has 30 heavy (non-hydrogen) atoms. The average molecular weight is 430 g/mol. The average Bonchev–Trinajstić information content (AvgIpc) is 3.25. The lowest BCUT2D eigenvalue weighted by Crippen LogP contribution is -2.40. The molecule has 0 radical (unpaired) electrons. The van der Waals surface area contributed by atoms with Crippen LogP contribution in [-0.2, 0) is 22.6 Å². The minimum absolute atomic E-state index is 0.103. The third kappa shape index (κ3) is 6.37. The normalized spacial score (nSPS) is 16.5. The monoisotopic (exact) mass is 429 g/mol. The van der Waals surface area contributed by atoms with Crippen LogP contribution < -0.4 is 0 Å². The van der Waals surface area contributed by atoms with Crippen LogP contribution in [-0.4, -0.2) is 60.4 Å². The Morgan fingerprint density at radius 3 is 2.93 bits per heavy atom. The molecule has 3 heterocycles. The van der Waals surface area contributed by atoms with Crippen molar-refractivity contribution in [1.29, 1.82) is 0 Å². The molecular weight excluding hydrogens is 398 g/mol. The summed E-state index contributed by atoms with van der Waals surface area (Å²) in [5, 5.41) is 0. The molecule has 2 aromatic rings. The lowest BCUT2D eigenvalue weighted by Gasteiger charge is -2.32. The van der Waals surface area contributed by atoms with E-state index in [4.69, 9.17) is 4.74 Å². The van der Waals surface area contributed by atoms with Crippen LogP contribution >= 0.6 is 11.3 Å². The van der Waals surface area contributed by atoms with Crippen molar-refractivity contribution in [3.63, 3.8) is 0 Å². The predicted molar refractivity (Wildman–Crippen MR) is 118 cm³/mol. The quantitative estimate of drug-likeness (QED) is 0.611. The first-order valence-electron chi connectivity index (χ1n) is 10.6. The van der Waals surface area contributed by atoms with Gasteiger partial charge in [-0.25, -0.2) is 0 Å². The van der Waals surface area contributed by atoms with Crippen molar-refractivity contribution in [3.05, 3.63) is 52.0 Å². The van der Waals surface area contributed by atoms with E-state index in [9.17, 15) is 9.59 Å². The molecule has 6 nitrogen and oxygen atoms in total. The number of carbonyl (C=O) groups excluding carboxylic acids is 2. The summed E-state index contributed by atoms with van der Waals surface area (Å²) < 4.78 is 5.15. The third-order valence-corrected chi connectivity index (χ3v) is 6.63. The Morgan fingerprint density at radius 2 is 2.17 bits per heavy atom. The van der Waals surface area contributed by atoms with Gasteiger partial charge in [-0.3, -0.25) is 14.6 Å². The summed E-state index contributed by atoms with van der Waals surface area (Å²) in [6.45, 7) is 2.75. The smallest absolute Gasteiger partial charge is 0.263 e. The molecule has 1 atom stereocenters. The van der Waals surface area contributed by atoms with Gasteiger partial charge in [0.15, 0.2) is 0 Å². The van der Waals surface area contributed by atoms with Crippen molar-refractivity contribution in [1.82, 2.24) is 14.8 Å². The summed E-state index contributed by atoms with van der Waals surface area (Å²) in [5.74, 6) is 0.650. The molecule has 1 fully saturated rings. The largest absolute Gasteiger partial charge is 0.379 e. The highest BCUT2D eigenvalue weighted by molar-refractivity contribution is 7.14. The summed E-state index contributed by atoms with van der Waals surface area (Å²) in [6.07, 6.45) is 5.98. The Labute approximate surface area is 182 Å². The maximum Gasteiger partial charge on any atom is 0.263 e. The summed E-state index contributed by atoms with van der Waals surface area (Å²) in [6, 6.07) is 9.70. The van der Waals surface area contributed by atoms with Crippen molar-refractivity contribution in [2.75, 3.05) is 33.8 Å². The maximum absolute atomic E-state index is 12.8. The number of carbonyl (C=O) groups is 2. The lowest BCUT2D eigenvalue weighted by molar-refractivity contribution is -0.130. The molecule has 1 aliphatic heterocycles. The van der Waals surface area contributed by atoms with E-state index in [0.717, 1.165) is 54.2 Å². The van der Waals surface area contributed by atoms with Gasteiger partial charge in [-0.1, -0.05) is 6.07 Å². The van der Waals surface area contributed by atoms with Gasteiger partial charge in [-0.2, -0.15) is 0 Å². The molecular formula is C23H31N3O3S. The van der Waals surface area contributed by atoms with Crippen molar-refractivity contribution >= 4 is 23.2 Å². The van der Waals surface area contributed by atoms with Crippen LogP contribution in [0, 0.1) is 5.92 Å². The van der Waals surface area contributed by atoms with Crippen LogP contribution in [0.4, 0.5) is 0 Å². The van der Waals surface area contributed by atoms with Gasteiger partial charge in [-0.05, 0) is 49.4 Å². The Kier molecular flexibility index (Phi) is 8.39. The van der Waals surface area contributed by atoms with Gasteiger partial charge < -0.3 is 14.5 Å². The minimum atomic E-state index is 0.103. The van der Waals surface area contributed by atoms with E-state index in [1.165, 1.54) is 11.3 Å². The molecule has 2 amide bonds. The van der Waals surface area contributed by atoms with Gasteiger partial charge in [0.05, 0.1) is 11.5 Å². The first-order chi connectivity index (χ1) is 14.6. The van der Waals surface area contributed by atoms with Crippen LogP contribution in [0.2, 0.25) is 0 Å². The highest BCUT2D eigenvalue weighted by Gasteiger charge is 2.26. The van der Waals surface area contributed by atoms with E-state index in [0.29, 0.717) is 25.5 Å². The molecule has 0 spiro atoms. The molecule has 1 aliphatic rings. The molecule has 162 valence electrons. The van der Waals surface area contributed by atoms with Crippen molar-refractivity contribution in [2.24, 2.45) is 5.92 Å². The van der Waals surface area contributed by atoms with E-state index in [1.54, 1.807) is 18.2 Å². The van der Waals surface area contributed by atoms with E-state index in [2.05, 4.69) is 4.98 Å². The van der Waals surface area contributed by atoms with Gasteiger partial charge in [0.25, 0.3) is 5.91 Å². The fourth-order valence-electron chi connectivity index (χ4n) is 3.83. The zero-order valence-corrected chi connectivity index (χ0v) is 18.7.